The molecule has 148 valence electrons. The number of ether oxygens (including phenoxy) is 1. The number of amides is 2. The van der Waals surface area contributed by atoms with Crippen LogP contribution in [0.5, 0.6) is 5.75 Å². The predicted molar refractivity (Wildman–Crippen MR) is 112 cm³/mol. The van der Waals surface area contributed by atoms with Gasteiger partial charge in [-0.25, -0.2) is 0 Å². The molecule has 2 aromatic carbocycles. The fraction of sp³-hybridized carbons (Fsp3) is 0.391. The first kappa shape index (κ1) is 19.9. The van der Waals surface area contributed by atoms with Crippen molar-refractivity contribution in [2.24, 2.45) is 5.92 Å². The molecule has 0 saturated carbocycles. The Morgan fingerprint density at radius 2 is 1.71 bits per heavy atom. The number of aryl methyl sites for hydroxylation is 3. The van der Waals surface area contributed by atoms with Crippen LogP contribution in [-0.4, -0.2) is 24.5 Å². The number of carbonyl (C=O) groups is 2. The molecule has 1 saturated heterocycles. The molecule has 1 aliphatic rings. The van der Waals surface area contributed by atoms with Crippen LogP contribution < -0.4 is 15.0 Å². The number of hydrogen-bond acceptors (Lipinski definition) is 3. The average Bonchev–Trinajstić information content (AvgIpc) is 2.97. The monoisotopic (exact) mass is 380 g/mol. The van der Waals surface area contributed by atoms with Crippen LogP contribution in [0.25, 0.3) is 0 Å². The molecular formula is C23H28N2O3. The molecule has 5 nitrogen and oxygen atoms in total. The van der Waals surface area contributed by atoms with Crippen LogP contribution in [0.1, 0.15) is 37.0 Å². The summed E-state index contributed by atoms with van der Waals surface area (Å²) < 4.78 is 5.62. The molecule has 1 N–H and O–H groups in total. The van der Waals surface area contributed by atoms with E-state index >= 15 is 0 Å². The number of rotatable bonds is 5. The van der Waals surface area contributed by atoms with E-state index in [1.807, 2.05) is 58.9 Å². The summed E-state index contributed by atoms with van der Waals surface area (Å²) in [5.74, 6) is 0.270. The molecule has 3 rings (SSSR count). The van der Waals surface area contributed by atoms with Gasteiger partial charge in [0.05, 0.1) is 12.0 Å². The Kier molecular flexibility index (Phi) is 5.73. The van der Waals surface area contributed by atoms with Gasteiger partial charge < -0.3 is 15.0 Å². The van der Waals surface area contributed by atoms with Crippen molar-refractivity contribution in [2.45, 2.75) is 47.1 Å². The van der Waals surface area contributed by atoms with E-state index in [9.17, 15) is 9.59 Å². The molecule has 28 heavy (non-hydrogen) atoms. The van der Waals surface area contributed by atoms with Gasteiger partial charge in [0.2, 0.25) is 11.8 Å². The number of hydrogen-bond donors (Lipinski definition) is 1. The van der Waals surface area contributed by atoms with Crippen LogP contribution in [0.2, 0.25) is 0 Å². The van der Waals surface area contributed by atoms with Gasteiger partial charge in [-0.1, -0.05) is 17.7 Å². The molecular weight excluding hydrogens is 352 g/mol. The van der Waals surface area contributed by atoms with Crippen molar-refractivity contribution in [3.63, 3.8) is 0 Å². The third-order valence-corrected chi connectivity index (χ3v) is 4.89. The molecule has 0 aliphatic carbocycles. The van der Waals surface area contributed by atoms with E-state index in [0.29, 0.717) is 12.2 Å². The van der Waals surface area contributed by atoms with Gasteiger partial charge in [-0.05, 0) is 70.0 Å². The van der Waals surface area contributed by atoms with Crippen molar-refractivity contribution < 1.29 is 14.3 Å². The minimum absolute atomic E-state index is 0.00381. The summed E-state index contributed by atoms with van der Waals surface area (Å²) in [5, 5.41) is 2.92. The Labute approximate surface area is 166 Å². The third-order valence-electron chi connectivity index (χ3n) is 4.89. The topological polar surface area (TPSA) is 58.6 Å². The Hall–Kier alpha value is -2.82. The maximum Gasteiger partial charge on any atom is 0.229 e. The highest BCUT2D eigenvalue weighted by Crippen LogP contribution is 2.32. The zero-order chi connectivity index (χ0) is 20.4. The van der Waals surface area contributed by atoms with Crippen molar-refractivity contribution in [1.82, 2.24) is 0 Å². The molecule has 1 atom stereocenters. The first-order chi connectivity index (χ1) is 13.2. The van der Waals surface area contributed by atoms with Crippen molar-refractivity contribution in [2.75, 3.05) is 16.8 Å². The number of nitrogens with one attached hydrogen (secondary N) is 1. The second-order valence-electron chi connectivity index (χ2n) is 7.83. The second-order valence-corrected chi connectivity index (χ2v) is 7.83. The standard InChI is InChI=1S/C23H28N2O3/c1-14(2)28-20-8-6-19(7-9-20)24-23(27)18-12-21(26)25(13-18)22-16(4)10-15(3)11-17(22)5/h6-11,14,18H,12-13H2,1-5H3,(H,24,27). The third kappa shape index (κ3) is 4.35. The molecule has 2 aromatic rings. The van der Waals surface area contributed by atoms with Gasteiger partial charge in [-0.2, -0.15) is 0 Å². The van der Waals surface area contributed by atoms with Crippen LogP contribution in [-0.2, 0) is 9.59 Å². The Morgan fingerprint density at radius 3 is 2.29 bits per heavy atom. The predicted octanol–water partition coefficient (Wildman–Crippen LogP) is 4.39. The molecule has 0 aromatic heterocycles. The lowest BCUT2D eigenvalue weighted by molar-refractivity contribution is -0.122. The molecule has 0 spiro atoms. The maximum absolute atomic E-state index is 12.7. The van der Waals surface area contributed by atoms with Crippen LogP contribution in [0.3, 0.4) is 0 Å². The number of nitrogens with zero attached hydrogens (tertiary/aromatic N) is 1. The lowest BCUT2D eigenvalue weighted by Crippen LogP contribution is -2.29. The summed E-state index contributed by atoms with van der Waals surface area (Å²) in [6.07, 6.45) is 0.331. The highest BCUT2D eigenvalue weighted by atomic mass is 16.5. The smallest absolute Gasteiger partial charge is 0.229 e. The van der Waals surface area contributed by atoms with Gasteiger partial charge in [-0.3, -0.25) is 9.59 Å². The van der Waals surface area contributed by atoms with Gasteiger partial charge in [0.25, 0.3) is 0 Å². The number of carbonyl (C=O) groups excluding carboxylic acids is 2. The van der Waals surface area contributed by atoms with Crippen LogP contribution >= 0.6 is 0 Å². The van der Waals surface area contributed by atoms with Crippen molar-refractivity contribution in [3.8, 4) is 5.75 Å². The first-order valence-corrected chi connectivity index (χ1v) is 9.70. The van der Waals surface area contributed by atoms with Gasteiger partial charge in [-0.15, -0.1) is 0 Å². The van der Waals surface area contributed by atoms with Gasteiger partial charge in [0, 0.05) is 24.3 Å². The van der Waals surface area contributed by atoms with E-state index in [4.69, 9.17) is 4.74 Å². The van der Waals surface area contributed by atoms with Crippen LogP contribution in [0.4, 0.5) is 11.4 Å². The molecule has 1 unspecified atom stereocenters. The molecule has 2 amide bonds. The normalized spacial score (nSPS) is 16.6. The van der Waals surface area contributed by atoms with Gasteiger partial charge in [0.15, 0.2) is 0 Å². The Balaban J connectivity index is 1.69. The SMILES string of the molecule is Cc1cc(C)c(N2CC(C(=O)Nc3ccc(OC(C)C)cc3)CC2=O)c(C)c1. The molecule has 0 bridgehead atoms. The molecule has 5 heteroatoms. The lowest BCUT2D eigenvalue weighted by atomic mass is 10.0. The minimum Gasteiger partial charge on any atom is -0.491 e. The summed E-state index contributed by atoms with van der Waals surface area (Å²) in [6, 6.07) is 11.5. The van der Waals surface area contributed by atoms with Gasteiger partial charge in [0.1, 0.15) is 5.75 Å². The highest BCUT2D eigenvalue weighted by molar-refractivity contribution is 6.04. The second kappa shape index (κ2) is 8.05. The van der Waals surface area contributed by atoms with Crippen molar-refractivity contribution in [3.05, 3.63) is 53.1 Å². The van der Waals surface area contributed by atoms with E-state index < -0.39 is 0 Å². The first-order valence-electron chi connectivity index (χ1n) is 9.70. The zero-order valence-corrected chi connectivity index (χ0v) is 17.2. The van der Waals surface area contributed by atoms with E-state index in [0.717, 1.165) is 22.6 Å². The number of benzene rings is 2. The van der Waals surface area contributed by atoms with Crippen LogP contribution in [0, 0.1) is 26.7 Å². The summed E-state index contributed by atoms with van der Waals surface area (Å²) in [6.45, 7) is 10.4. The quantitative estimate of drug-likeness (QED) is 0.837. The van der Waals surface area contributed by atoms with E-state index in [1.165, 1.54) is 5.56 Å². The maximum atomic E-state index is 12.7. The Morgan fingerprint density at radius 1 is 1.11 bits per heavy atom. The van der Waals surface area contributed by atoms with E-state index in [-0.39, 0.29) is 30.3 Å². The lowest BCUT2D eigenvalue weighted by Gasteiger charge is -2.22. The van der Waals surface area contributed by atoms with Crippen molar-refractivity contribution in [1.29, 1.82) is 0 Å². The largest absolute Gasteiger partial charge is 0.491 e. The average molecular weight is 380 g/mol. The van der Waals surface area contributed by atoms with E-state index in [2.05, 4.69) is 17.4 Å². The minimum atomic E-state index is -0.362. The van der Waals surface area contributed by atoms with Gasteiger partial charge >= 0.3 is 0 Å². The van der Waals surface area contributed by atoms with Crippen LogP contribution in [0.15, 0.2) is 36.4 Å². The van der Waals surface area contributed by atoms with E-state index in [1.54, 1.807) is 4.90 Å². The highest BCUT2D eigenvalue weighted by Gasteiger charge is 2.36. The summed E-state index contributed by atoms with van der Waals surface area (Å²) in [7, 11) is 0. The summed E-state index contributed by atoms with van der Waals surface area (Å²) in [4.78, 5) is 27.1. The zero-order valence-electron chi connectivity index (χ0n) is 17.2. The molecule has 0 radical (unpaired) electrons. The molecule has 1 fully saturated rings. The number of anilines is 2. The van der Waals surface area contributed by atoms with Crippen molar-refractivity contribution >= 4 is 23.2 Å². The molecule has 1 heterocycles. The summed E-state index contributed by atoms with van der Waals surface area (Å²) in [5.41, 5.74) is 4.93. The fourth-order valence-corrected chi connectivity index (χ4v) is 3.83. The Bertz CT molecular complexity index is 864. The summed E-state index contributed by atoms with van der Waals surface area (Å²) >= 11 is 0. The molecule has 1 aliphatic heterocycles. The fourth-order valence-electron chi connectivity index (χ4n) is 3.83.